The summed E-state index contributed by atoms with van der Waals surface area (Å²) < 4.78 is 6.57. The third-order valence-electron chi connectivity index (χ3n) is 3.56. The van der Waals surface area contributed by atoms with Crippen molar-refractivity contribution in [3.63, 3.8) is 0 Å². The van der Waals surface area contributed by atoms with Gasteiger partial charge in [-0.2, -0.15) is 5.10 Å². The third-order valence-corrected chi connectivity index (χ3v) is 4.05. The van der Waals surface area contributed by atoms with Crippen LogP contribution in [0.5, 0.6) is 5.75 Å². The van der Waals surface area contributed by atoms with Gasteiger partial charge >= 0.3 is 0 Å². The molecular formula is C21H18BrN3O2. The number of hydrogen-bond donors (Lipinski definition) is 2. The number of carbonyl (C=O) groups excluding carboxylic acids is 1. The molecule has 1 amide bonds. The summed E-state index contributed by atoms with van der Waals surface area (Å²) >= 11 is 3.44. The van der Waals surface area contributed by atoms with Crippen LogP contribution in [0.2, 0.25) is 0 Å². The Morgan fingerprint density at radius 2 is 1.63 bits per heavy atom. The highest BCUT2D eigenvalue weighted by atomic mass is 79.9. The van der Waals surface area contributed by atoms with Gasteiger partial charge in [-0.15, -0.1) is 0 Å². The Hall–Kier alpha value is -3.12. The fraction of sp³-hybridized carbons (Fsp3) is 0.0476. The Bertz CT molecular complexity index is 915. The maximum atomic E-state index is 12.1. The number of nitrogens with one attached hydrogen (secondary N) is 2. The summed E-state index contributed by atoms with van der Waals surface area (Å²) in [6.45, 7) is -0.0938. The van der Waals surface area contributed by atoms with Crippen LogP contribution in [0, 0.1) is 0 Å². The highest BCUT2D eigenvalue weighted by Gasteiger charge is 2.07. The minimum Gasteiger partial charge on any atom is -0.483 e. The second kappa shape index (κ2) is 9.54. The van der Waals surface area contributed by atoms with Crippen molar-refractivity contribution in [1.82, 2.24) is 0 Å². The molecule has 5 nitrogen and oxygen atoms in total. The Morgan fingerprint density at radius 1 is 0.963 bits per heavy atom. The van der Waals surface area contributed by atoms with Crippen molar-refractivity contribution in [3.05, 3.63) is 88.9 Å². The zero-order chi connectivity index (χ0) is 18.9. The van der Waals surface area contributed by atoms with Crippen LogP contribution in [0.1, 0.15) is 5.56 Å². The van der Waals surface area contributed by atoms with E-state index in [2.05, 4.69) is 31.8 Å². The van der Waals surface area contributed by atoms with Crippen molar-refractivity contribution in [2.45, 2.75) is 0 Å². The van der Waals surface area contributed by atoms with E-state index >= 15 is 0 Å². The molecule has 0 radical (unpaired) electrons. The SMILES string of the molecule is O=C(COc1ccc(Br)cc1C=NNc1ccccc1)Nc1ccccc1. The number of halogens is 1. The molecule has 0 heterocycles. The summed E-state index contributed by atoms with van der Waals surface area (Å²) in [5, 5.41) is 7.02. The quantitative estimate of drug-likeness (QED) is 0.419. The summed E-state index contributed by atoms with van der Waals surface area (Å²) in [6.07, 6.45) is 1.65. The second-order valence-corrected chi connectivity index (χ2v) is 6.54. The third kappa shape index (κ3) is 5.97. The van der Waals surface area contributed by atoms with Crippen molar-refractivity contribution in [2.24, 2.45) is 5.10 Å². The minimum absolute atomic E-state index is 0.0938. The van der Waals surface area contributed by atoms with Crippen molar-refractivity contribution in [3.8, 4) is 5.75 Å². The molecule has 0 aliphatic carbocycles. The average molecular weight is 424 g/mol. The van der Waals surface area contributed by atoms with E-state index in [0.717, 1.165) is 21.4 Å². The standard InChI is InChI=1S/C21H18BrN3O2/c22-17-11-12-20(27-15-21(26)24-18-7-3-1-4-8-18)16(13-17)14-23-25-19-9-5-2-6-10-19/h1-14,25H,15H2,(H,24,26). The van der Waals surface area contributed by atoms with Crippen molar-refractivity contribution < 1.29 is 9.53 Å². The second-order valence-electron chi connectivity index (χ2n) is 5.62. The number of hydrazone groups is 1. The highest BCUT2D eigenvalue weighted by Crippen LogP contribution is 2.22. The van der Waals surface area contributed by atoms with Crippen molar-refractivity contribution in [1.29, 1.82) is 0 Å². The first-order valence-electron chi connectivity index (χ1n) is 8.32. The number of amides is 1. The number of hydrogen-bond acceptors (Lipinski definition) is 4. The van der Waals surface area contributed by atoms with Crippen LogP contribution in [0.4, 0.5) is 11.4 Å². The van der Waals surface area contributed by atoms with E-state index < -0.39 is 0 Å². The summed E-state index contributed by atoms with van der Waals surface area (Å²) in [7, 11) is 0. The topological polar surface area (TPSA) is 62.7 Å². The van der Waals surface area contributed by atoms with Crippen molar-refractivity contribution >= 4 is 39.4 Å². The Balaban J connectivity index is 1.62. The van der Waals surface area contributed by atoms with Gasteiger partial charge in [-0.3, -0.25) is 10.2 Å². The molecule has 0 atom stereocenters. The normalized spacial score (nSPS) is 10.6. The number of para-hydroxylation sites is 2. The predicted octanol–water partition coefficient (Wildman–Crippen LogP) is 4.91. The number of nitrogens with zero attached hydrogens (tertiary/aromatic N) is 1. The number of anilines is 2. The maximum absolute atomic E-state index is 12.1. The van der Waals surface area contributed by atoms with Crippen LogP contribution in [0.3, 0.4) is 0 Å². The molecule has 0 aliphatic rings. The monoisotopic (exact) mass is 423 g/mol. The molecule has 0 spiro atoms. The lowest BCUT2D eigenvalue weighted by molar-refractivity contribution is -0.118. The molecule has 6 heteroatoms. The smallest absolute Gasteiger partial charge is 0.262 e. The van der Waals surface area contributed by atoms with E-state index in [9.17, 15) is 4.79 Å². The fourth-order valence-electron chi connectivity index (χ4n) is 2.30. The van der Waals surface area contributed by atoms with Crippen LogP contribution in [0.15, 0.2) is 88.4 Å². The molecule has 3 aromatic rings. The van der Waals surface area contributed by atoms with Gasteiger partial charge in [0.2, 0.25) is 0 Å². The molecule has 0 fully saturated rings. The highest BCUT2D eigenvalue weighted by molar-refractivity contribution is 9.10. The predicted molar refractivity (Wildman–Crippen MR) is 112 cm³/mol. The zero-order valence-corrected chi connectivity index (χ0v) is 16.0. The Kier molecular flexibility index (Phi) is 6.60. The molecule has 0 unspecified atom stereocenters. The van der Waals surface area contributed by atoms with Gasteiger partial charge in [0.15, 0.2) is 6.61 Å². The first-order valence-corrected chi connectivity index (χ1v) is 9.11. The summed E-state index contributed by atoms with van der Waals surface area (Å²) in [6, 6.07) is 24.4. The molecule has 0 aliphatic heterocycles. The minimum atomic E-state index is -0.227. The van der Waals surface area contributed by atoms with Gasteiger partial charge in [-0.1, -0.05) is 52.3 Å². The molecule has 0 saturated carbocycles. The molecule has 0 bridgehead atoms. The van der Waals surface area contributed by atoms with E-state index in [1.54, 1.807) is 12.3 Å². The molecular weight excluding hydrogens is 406 g/mol. The van der Waals surface area contributed by atoms with Crippen LogP contribution < -0.4 is 15.5 Å². The van der Waals surface area contributed by atoms with Gasteiger partial charge in [0.05, 0.1) is 11.9 Å². The molecule has 136 valence electrons. The molecule has 3 rings (SSSR count). The first kappa shape index (κ1) is 18.7. The van der Waals surface area contributed by atoms with E-state index in [1.807, 2.05) is 72.8 Å². The van der Waals surface area contributed by atoms with Gasteiger partial charge in [0, 0.05) is 15.7 Å². The molecule has 0 saturated heterocycles. The van der Waals surface area contributed by atoms with Crippen LogP contribution in [-0.2, 0) is 4.79 Å². The molecule has 2 N–H and O–H groups in total. The van der Waals surface area contributed by atoms with Crippen LogP contribution in [-0.4, -0.2) is 18.7 Å². The summed E-state index contributed by atoms with van der Waals surface area (Å²) in [5.41, 5.74) is 5.32. The average Bonchev–Trinajstić information content (AvgIpc) is 2.69. The van der Waals surface area contributed by atoms with Gasteiger partial charge in [0.1, 0.15) is 5.75 Å². The van der Waals surface area contributed by atoms with E-state index in [-0.39, 0.29) is 12.5 Å². The molecule has 0 aromatic heterocycles. The molecule has 27 heavy (non-hydrogen) atoms. The maximum Gasteiger partial charge on any atom is 0.262 e. The number of carbonyl (C=O) groups is 1. The van der Waals surface area contributed by atoms with Crippen molar-refractivity contribution in [2.75, 3.05) is 17.3 Å². The Morgan fingerprint density at radius 3 is 2.33 bits per heavy atom. The number of ether oxygens (including phenoxy) is 1. The lowest BCUT2D eigenvalue weighted by Crippen LogP contribution is -2.20. The zero-order valence-electron chi connectivity index (χ0n) is 14.4. The molecule has 3 aromatic carbocycles. The fourth-order valence-corrected chi connectivity index (χ4v) is 2.68. The summed E-state index contributed by atoms with van der Waals surface area (Å²) in [5.74, 6) is 0.342. The van der Waals surface area contributed by atoms with E-state index in [1.165, 1.54) is 0 Å². The lowest BCUT2D eigenvalue weighted by atomic mass is 10.2. The van der Waals surface area contributed by atoms with Gasteiger partial charge in [-0.05, 0) is 42.5 Å². The number of rotatable bonds is 7. The van der Waals surface area contributed by atoms with Gasteiger partial charge in [-0.25, -0.2) is 0 Å². The van der Waals surface area contributed by atoms with E-state index in [0.29, 0.717) is 5.75 Å². The number of benzene rings is 3. The Labute approximate surface area is 166 Å². The lowest BCUT2D eigenvalue weighted by Gasteiger charge is -2.10. The van der Waals surface area contributed by atoms with E-state index in [4.69, 9.17) is 4.74 Å². The van der Waals surface area contributed by atoms with Gasteiger partial charge < -0.3 is 10.1 Å². The van der Waals surface area contributed by atoms with Crippen LogP contribution in [0.25, 0.3) is 0 Å². The van der Waals surface area contributed by atoms with Crippen LogP contribution >= 0.6 is 15.9 Å². The van der Waals surface area contributed by atoms with Gasteiger partial charge in [0.25, 0.3) is 5.91 Å². The largest absolute Gasteiger partial charge is 0.483 e. The summed E-state index contributed by atoms with van der Waals surface area (Å²) in [4.78, 5) is 12.1. The first-order chi connectivity index (χ1) is 13.2.